The summed E-state index contributed by atoms with van der Waals surface area (Å²) < 4.78 is 0. The van der Waals surface area contributed by atoms with Gasteiger partial charge < -0.3 is 15.5 Å². The Balaban J connectivity index is 2.08. The number of likely N-dealkylation sites (N-methyl/N-ethyl adjacent to an activating group) is 1. The maximum Gasteiger partial charge on any atom is 0.128 e. The highest BCUT2D eigenvalue weighted by Gasteiger charge is 2.17. The minimum absolute atomic E-state index is 0.110. The number of aryl methyl sites for hydroxylation is 1. The molecule has 0 unspecified atom stereocenters. The van der Waals surface area contributed by atoms with Crippen LogP contribution < -0.4 is 10.6 Å². The zero-order chi connectivity index (χ0) is 13.8. The fraction of sp³-hybridized carbons (Fsp3) is 0.667. The van der Waals surface area contributed by atoms with Gasteiger partial charge in [-0.15, -0.1) is 0 Å². The van der Waals surface area contributed by atoms with Crippen LogP contribution in [0.2, 0.25) is 0 Å². The summed E-state index contributed by atoms with van der Waals surface area (Å²) in [7, 11) is 0. The topological polar surface area (TPSA) is 45.4 Å². The van der Waals surface area contributed by atoms with Crippen molar-refractivity contribution in [1.82, 2.24) is 9.88 Å². The van der Waals surface area contributed by atoms with Gasteiger partial charge in [-0.1, -0.05) is 19.9 Å². The Labute approximate surface area is 116 Å². The van der Waals surface area contributed by atoms with Gasteiger partial charge in [0.2, 0.25) is 0 Å². The van der Waals surface area contributed by atoms with Crippen LogP contribution in [0.4, 0.5) is 5.82 Å². The third kappa shape index (κ3) is 3.25. The quantitative estimate of drug-likeness (QED) is 0.901. The SMILES string of the molecule is CC[C@@H](N)c1ccc(N2CCN(CC)CC2)nc1C. The van der Waals surface area contributed by atoms with Crippen molar-refractivity contribution in [2.75, 3.05) is 37.6 Å². The van der Waals surface area contributed by atoms with E-state index >= 15 is 0 Å². The van der Waals surface area contributed by atoms with E-state index in [1.807, 2.05) is 0 Å². The molecule has 2 N–H and O–H groups in total. The van der Waals surface area contributed by atoms with E-state index < -0.39 is 0 Å². The molecule has 19 heavy (non-hydrogen) atoms. The smallest absolute Gasteiger partial charge is 0.128 e. The Morgan fingerprint density at radius 2 is 1.89 bits per heavy atom. The van der Waals surface area contributed by atoms with Crippen molar-refractivity contribution in [3.63, 3.8) is 0 Å². The van der Waals surface area contributed by atoms with Gasteiger partial charge in [0.1, 0.15) is 5.82 Å². The van der Waals surface area contributed by atoms with Crippen molar-refractivity contribution in [3.05, 3.63) is 23.4 Å². The van der Waals surface area contributed by atoms with E-state index in [1.54, 1.807) is 0 Å². The van der Waals surface area contributed by atoms with E-state index in [-0.39, 0.29) is 6.04 Å². The number of aromatic nitrogens is 1. The number of pyridine rings is 1. The van der Waals surface area contributed by atoms with Crippen molar-refractivity contribution in [3.8, 4) is 0 Å². The molecule has 0 amide bonds. The van der Waals surface area contributed by atoms with Crippen LogP contribution in [0.5, 0.6) is 0 Å². The number of piperazine rings is 1. The molecular formula is C15H26N4. The van der Waals surface area contributed by atoms with Crippen molar-refractivity contribution in [2.45, 2.75) is 33.2 Å². The molecule has 1 aromatic rings. The highest BCUT2D eigenvalue weighted by Crippen LogP contribution is 2.21. The van der Waals surface area contributed by atoms with Gasteiger partial charge in [0, 0.05) is 37.9 Å². The minimum atomic E-state index is 0.110. The third-order valence-corrected chi connectivity index (χ3v) is 4.09. The molecule has 4 heteroatoms. The van der Waals surface area contributed by atoms with E-state index in [1.165, 1.54) is 5.56 Å². The Kier molecular flexibility index (Phi) is 4.77. The molecule has 2 rings (SSSR count). The van der Waals surface area contributed by atoms with Gasteiger partial charge in [0.15, 0.2) is 0 Å². The highest BCUT2D eigenvalue weighted by atomic mass is 15.3. The normalized spacial score (nSPS) is 18.6. The lowest BCUT2D eigenvalue weighted by atomic mass is 10.0. The van der Waals surface area contributed by atoms with Gasteiger partial charge in [-0.2, -0.15) is 0 Å². The Bertz CT molecular complexity index is 411. The summed E-state index contributed by atoms with van der Waals surface area (Å²) in [5, 5.41) is 0. The monoisotopic (exact) mass is 262 g/mol. The lowest BCUT2D eigenvalue weighted by molar-refractivity contribution is 0.270. The Morgan fingerprint density at radius 1 is 1.21 bits per heavy atom. The molecule has 1 aromatic heterocycles. The van der Waals surface area contributed by atoms with Crippen LogP contribution in [-0.4, -0.2) is 42.6 Å². The van der Waals surface area contributed by atoms with Crippen LogP contribution >= 0.6 is 0 Å². The third-order valence-electron chi connectivity index (χ3n) is 4.09. The maximum atomic E-state index is 6.10. The molecule has 0 aromatic carbocycles. The van der Waals surface area contributed by atoms with E-state index in [9.17, 15) is 0 Å². The number of nitrogens with zero attached hydrogens (tertiary/aromatic N) is 3. The highest BCUT2D eigenvalue weighted by molar-refractivity contribution is 5.43. The van der Waals surface area contributed by atoms with E-state index in [0.29, 0.717) is 0 Å². The standard InChI is InChI=1S/C15H26N4/c1-4-14(16)13-6-7-15(17-12(13)3)19-10-8-18(5-2)9-11-19/h6-7,14H,4-5,8-11,16H2,1-3H3/t14-/m1/s1. The molecule has 106 valence electrons. The van der Waals surface area contributed by atoms with Gasteiger partial charge in [0.25, 0.3) is 0 Å². The molecule has 0 spiro atoms. The fourth-order valence-corrected chi connectivity index (χ4v) is 2.64. The van der Waals surface area contributed by atoms with E-state index in [2.05, 4.69) is 42.7 Å². The average molecular weight is 262 g/mol. The summed E-state index contributed by atoms with van der Waals surface area (Å²) in [6, 6.07) is 4.38. The predicted molar refractivity (Wildman–Crippen MR) is 80.5 cm³/mol. The Hall–Kier alpha value is -1.13. The molecule has 0 aliphatic carbocycles. The maximum absolute atomic E-state index is 6.10. The molecule has 0 radical (unpaired) electrons. The van der Waals surface area contributed by atoms with Crippen molar-refractivity contribution < 1.29 is 0 Å². The molecule has 1 fully saturated rings. The molecule has 2 heterocycles. The van der Waals surface area contributed by atoms with Crippen LogP contribution in [0.3, 0.4) is 0 Å². The van der Waals surface area contributed by atoms with E-state index in [4.69, 9.17) is 10.7 Å². The summed E-state index contributed by atoms with van der Waals surface area (Å²) in [4.78, 5) is 9.60. The first-order valence-corrected chi connectivity index (χ1v) is 7.36. The van der Waals surface area contributed by atoms with Crippen LogP contribution in [-0.2, 0) is 0 Å². The predicted octanol–water partition coefficient (Wildman–Crippen LogP) is 1.94. The first kappa shape index (κ1) is 14.3. The van der Waals surface area contributed by atoms with Crippen LogP contribution in [0.1, 0.15) is 37.6 Å². The van der Waals surface area contributed by atoms with Crippen LogP contribution in [0.15, 0.2) is 12.1 Å². The minimum Gasteiger partial charge on any atom is -0.354 e. The zero-order valence-corrected chi connectivity index (χ0v) is 12.4. The molecule has 4 nitrogen and oxygen atoms in total. The molecule has 0 bridgehead atoms. The van der Waals surface area contributed by atoms with E-state index in [0.717, 1.165) is 50.7 Å². The fourth-order valence-electron chi connectivity index (χ4n) is 2.64. The van der Waals surface area contributed by atoms with Gasteiger partial charge in [-0.25, -0.2) is 4.98 Å². The second-order valence-electron chi connectivity index (χ2n) is 5.28. The summed E-state index contributed by atoms with van der Waals surface area (Å²) in [5.74, 6) is 1.10. The molecular weight excluding hydrogens is 236 g/mol. The first-order valence-electron chi connectivity index (χ1n) is 7.36. The zero-order valence-electron chi connectivity index (χ0n) is 12.4. The first-order chi connectivity index (χ1) is 9.15. The second kappa shape index (κ2) is 6.35. The van der Waals surface area contributed by atoms with Gasteiger partial charge in [0.05, 0.1) is 0 Å². The summed E-state index contributed by atoms with van der Waals surface area (Å²) >= 11 is 0. The molecule has 1 aliphatic rings. The number of anilines is 1. The lowest BCUT2D eigenvalue weighted by Gasteiger charge is -2.35. The van der Waals surface area contributed by atoms with Crippen LogP contribution in [0, 0.1) is 6.92 Å². The summed E-state index contributed by atoms with van der Waals surface area (Å²) in [6.45, 7) is 11.9. The second-order valence-corrected chi connectivity index (χ2v) is 5.28. The average Bonchev–Trinajstić information content (AvgIpc) is 2.46. The van der Waals surface area contributed by atoms with Gasteiger partial charge >= 0.3 is 0 Å². The number of hydrogen-bond donors (Lipinski definition) is 1. The van der Waals surface area contributed by atoms with Gasteiger partial charge in [-0.3, -0.25) is 0 Å². The molecule has 1 saturated heterocycles. The lowest BCUT2D eigenvalue weighted by Crippen LogP contribution is -2.46. The van der Waals surface area contributed by atoms with Crippen molar-refractivity contribution >= 4 is 5.82 Å². The van der Waals surface area contributed by atoms with Crippen LogP contribution in [0.25, 0.3) is 0 Å². The molecule has 1 atom stereocenters. The summed E-state index contributed by atoms with van der Waals surface area (Å²) in [5.41, 5.74) is 8.35. The Morgan fingerprint density at radius 3 is 2.42 bits per heavy atom. The van der Waals surface area contributed by atoms with Gasteiger partial charge in [-0.05, 0) is 31.5 Å². The molecule has 1 aliphatic heterocycles. The largest absolute Gasteiger partial charge is 0.354 e. The number of hydrogen-bond acceptors (Lipinski definition) is 4. The number of rotatable bonds is 4. The van der Waals surface area contributed by atoms with Crippen molar-refractivity contribution in [2.24, 2.45) is 5.73 Å². The number of nitrogens with two attached hydrogens (primary N) is 1. The van der Waals surface area contributed by atoms with Crippen molar-refractivity contribution in [1.29, 1.82) is 0 Å². The molecule has 0 saturated carbocycles. The summed E-state index contributed by atoms with van der Waals surface area (Å²) in [6.07, 6.45) is 0.955.